The molecule has 2 aromatic carbocycles. The van der Waals surface area contributed by atoms with E-state index in [9.17, 15) is 21.6 Å². The van der Waals surface area contributed by atoms with E-state index < -0.39 is 32.2 Å². The van der Waals surface area contributed by atoms with Crippen LogP contribution in [0.1, 0.15) is 25.0 Å². The summed E-state index contributed by atoms with van der Waals surface area (Å²) in [5.74, 6) is -0.910. The molecule has 168 valence electrons. The second-order valence-corrected chi connectivity index (χ2v) is 9.53. The van der Waals surface area contributed by atoms with E-state index in [0.29, 0.717) is 0 Å². The third-order valence-electron chi connectivity index (χ3n) is 3.64. The zero-order chi connectivity index (χ0) is 23.7. The van der Waals surface area contributed by atoms with Crippen molar-refractivity contribution < 1.29 is 35.8 Å². The summed E-state index contributed by atoms with van der Waals surface area (Å²) in [6.07, 6.45) is 0. The van der Waals surface area contributed by atoms with Gasteiger partial charge in [-0.1, -0.05) is 49.2 Å². The molecular weight excluding hydrogens is 434 g/mol. The number of hydrogen-bond donors (Lipinski definition) is 4. The number of aryl methyl sites for hydroxylation is 2. The van der Waals surface area contributed by atoms with Crippen LogP contribution in [0.15, 0.2) is 58.3 Å². The minimum absolute atomic E-state index is 0.0208. The van der Waals surface area contributed by atoms with Crippen LogP contribution in [0.4, 0.5) is 0 Å². The van der Waals surface area contributed by atoms with Gasteiger partial charge in [0.25, 0.3) is 20.2 Å². The highest BCUT2D eigenvalue weighted by atomic mass is 32.2. The number of carboxylic acids is 1. The lowest BCUT2D eigenvalue weighted by Gasteiger charge is -2.07. The lowest BCUT2D eigenvalue weighted by atomic mass is 10.1. The average molecular weight is 462 g/mol. The molecule has 0 aliphatic rings. The molecule has 0 amide bonds. The van der Waals surface area contributed by atoms with Crippen LogP contribution in [0, 0.1) is 19.8 Å². The van der Waals surface area contributed by atoms with Gasteiger partial charge < -0.3 is 10.8 Å². The Morgan fingerprint density at radius 3 is 1.17 bits per heavy atom. The first-order valence-corrected chi connectivity index (χ1v) is 11.5. The van der Waals surface area contributed by atoms with Gasteiger partial charge in [0.1, 0.15) is 6.04 Å². The van der Waals surface area contributed by atoms with E-state index in [1.54, 1.807) is 38.1 Å². The Morgan fingerprint density at radius 1 is 0.767 bits per heavy atom. The van der Waals surface area contributed by atoms with Crippen molar-refractivity contribution >= 4 is 26.2 Å². The number of benzene rings is 2. The Labute approximate surface area is 177 Å². The maximum atomic E-state index is 10.5. The standard InChI is InChI=1S/2C7H8O3S.C5H11NO2/c2*1-6-2-4-7(5-3-6)11(8,9)10;1-3(2)4(6)5(7)8/h2*2-5H,1H3,(H,8,9,10);3-4H,6H2,1-2H3,(H,7,8). The topological polar surface area (TPSA) is 172 Å². The lowest BCUT2D eigenvalue weighted by Crippen LogP contribution is -2.34. The third kappa shape index (κ3) is 11.0. The van der Waals surface area contributed by atoms with Crippen LogP contribution in [0.5, 0.6) is 0 Å². The van der Waals surface area contributed by atoms with E-state index in [0.717, 1.165) is 11.1 Å². The van der Waals surface area contributed by atoms with Crippen molar-refractivity contribution in [3.05, 3.63) is 59.7 Å². The van der Waals surface area contributed by atoms with Crippen LogP contribution in [0.25, 0.3) is 0 Å². The van der Waals surface area contributed by atoms with E-state index in [2.05, 4.69) is 0 Å². The quantitative estimate of drug-likeness (QED) is 0.499. The minimum atomic E-state index is -4.02. The van der Waals surface area contributed by atoms with E-state index in [-0.39, 0.29) is 15.7 Å². The molecule has 1 atom stereocenters. The molecule has 0 bridgehead atoms. The first-order valence-electron chi connectivity index (χ1n) is 8.62. The number of aliphatic carboxylic acids is 1. The summed E-state index contributed by atoms with van der Waals surface area (Å²) >= 11 is 0. The highest BCUT2D eigenvalue weighted by molar-refractivity contribution is 7.86. The van der Waals surface area contributed by atoms with Crippen molar-refractivity contribution in [3.8, 4) is 0 Å². The van der Waals surface area contributed by atoms with Crippen LogP contribution in [0.3, 0.4) is 0 Å². The molecule has 1 unspecified atom stereocenters. The maximum absolute atomic E-state index is 10.5. The first-order chi connectivity index (χ1) is 13.6. The first kappa shape index (κ1) is 27.7. The molecule has 0 spiro atoms. The summed E-state index contributed by atoms with van der Waals surface area (Å²) in [6, 6.07) is 11.3. The van der Waals surface area contributed by atoms with Gasteiger partial charge in [0, 0.05) is 0 Å². The highest BCUT2D eigenvalue weighted by Gasteiger charge is 2.14. The second kappa shape index (κ2) is 11.8. The molecular formula is C19H27NO8S2. The van der Waals surface area contributed by atoms with Gasteiger partial charge in [-0.2, -0.15) is 16.8 Å². The van der Waals surface area contributed by atoms with Crippen molar-refractivity contribution in [2.45, 2.75) is 43.5 Å². The zero-order valence-electron chi connectivity index (χ0n) is 17.1. The van der Waals surface area contributed by atoms with Gasteiger partial charge in [0.15, 0.2) is 0 Å². The molecule has 5 N–H and O–H groups in total. The predicted molar refractivity (Wildman–Crippen MR) is 112 cm³/mol. The maximum Gasteiger partial charge on any atom is 0.320 e. The summed E-state index contributed by atoms with van der Waals surface area (Å²) in [5.41, 5.74) is 7.07. The van der Waals surface area contributed by atoms with E-state index in [1.807, 2.05) is 13.8 Å². The van der Waals surface area contributed by atoms with Crippen LogP contribution < -0.4 is 5.73 Å². The molecule has 0 heterocycles. The molecule has 0 fully saturated rings. The monoisotopic (exact) mass is 461 g/mol. The van der Waals surface area contributed by atoms with Gasteiger partial charge in [-0.15, -0.1) is 0 Å². The van der Waals surface area contributed by atoms with E-state index in [1.165, 1.54) is 24.3 Å². The fourth-order valence-electron chi connectivity index (χ4n) is 1.71. The SMILES string of the molecule is CC(C)C(N)C(=O)O.Cc1ccc(S(=O)(=O)O)cc1.Cc1ccc(S(=O)(=O)O)cc1. The Kier molecular flexibility index (Phi) is 10.9. The largest absolute Gasteiger partial charge is 0.480 e. The van der Waals surface area contributed by atoms with Crippen LogP contribution in [0.2, 0.25) is 0 Å². The molecule has 0 aliphatic heterocycles. The molecule has 0 radical (unpaired) electrons. The summed E-state index contributed by atoms with van der Waals surface area (Å²) < 4.78 is 59.1. The highest BCUT2D eigenvalue weighted by Crippen LogP contribution is 2.09. The lowest BCUT2D eigenvalue weighted by molar-refractivity contribution is -0.139. The third-order valence-corrected chi connectivity index (χ3v) is 5.38. The number of carbonyl (C=O) groups is 1. The average Bonchev–Trinajstić information content (AvgIpc) is 2.61. The summed E-state index contributed by atoms with van der Waals surface area (Å²) in [4.78, 5) is 9.88. The number of carboxylic acid groups (broad SMARTS) is 1. The number of rotatable bonds is 4. The fraction of sp³-hybridized carbons (Fsp3) is 0.316. The molecule has 0 saturated carbocycles. The van der Waals surface area contributed by atoms with Crippen molar-refractivity contribution in [2.24, 2.45) is 11.7 Å². The summed E-state index contributed by atoms with van der Waals surface area (Å²) in [5, 5.41) is 8.23. The zero-order valence-corrected chi connectivity index (χ0v) is 18.7. The normalized spacial score (nSPS) is 12.1. The van der Waals surface area contributed by atoms with Crippen LogP contribution in [-0.2, 0) is 25.0 Å². The smallest absolute Gasteiger partial charge is 0.320 e. The second-order valence-electron chi connectivity index (χ2n) is 6.68. The Hall–Kier alpha value is -2.31. The molecule has 9 nitrogen and oxygen atoms in total. The summed E-state index contributed by atoms with van der Waals surface area (Å²) in [7, 11) is -8.04. The van der Waals surface area contributed by atoms with Gasteiger partial charge in [-0.05, 0) is 44.0 Å². The minimum Gasteiger partial charge on any atom is -0.480 e. The summed E-state index contributed by atoms with van der Waals surface area (Å²) in [6.45, 7) is 7.24. The Morgan fingerprint density at radius 2 is 1.03 bits per heavy atom. The molecule has 2 rings (SSSR count). The van der Waals surface area contributed by atoms with Gasteiger partial charge in [0.2, 0.25) is 0 Å². The number of hydrogen-bond acceptors (Lipinski definition) is 6. The molecule has 11 heteroatoms. The van der Waals surface area contributed by atoms with Gasteiger partial charge >= 0.3 is 5.97 Å². The fourth-order valence-corrected chi connectivity index (χ4v) is 2.67. The van der Waals surface area contributed by atoms with Crippen LogP contribution >= 0.6 is 0 Å². The van der Waals surface area contributed by atoms with E-state index in [4.69, 9.17) is 19.9 Å². The van der Waals surface area contributed by atoms with Crippen LogP contribution in [-0.4, -0.2) is 43.1 Å². The molecule has 2 aromatic rings. The van der Waals surface area contributed by atoms with Crippen molar-refractivity contribution in [2.75, 3.05) is 0 Å². The Balaban J connectivity index is 0.000000428. The predicted octanol–water partition coefficient (Wildman–Crippen LogP) is 2.54. The van der Waals surface area contributed by atoms with Gasteiger partial charge in [-0.3, -0.25) is 13.9 Å². The van der Waals surface area contributed by atoms with E-state index >= 15 is 0 Å². The van der Waals surface area contributed by atoms with Crippen molar-refractivity contribution in [3.63, 3.8) is 0 Å². The molecule has 30 heavy (non-hydrogen) atoms. The van der Waals surface area contributed by atoms with Gasteiger partial charge in [-0.25, -0.2) is 0 Å². The molecule has 0 saturated heterocycles. The molecule has 0 aliphatic carbocycles. The van der Waals surface area contributed by atoms with Crippen molar-refractivity contribution in [1.29, 1.82) is 0 Å². The van der Waals surface area contributed by atoms with Crippen molar-refractivity contribution in [1.82, 2.24) is 0 Å². The molecule has 0 aromatic heterocycles. The Bertz CT molecular complexity index is 940. The van der Waals surface area contributed by atoms with Gasteiger partial charge in [0.05, 0.1) is 9.79 Å². The number of nitrogens with two attached hydrogens (primary N) is 1.